The molecule has 21 heavy (non-hydrogen) atoms. The lowest BCUT2D eigenvalue weighted by molar-refractivity contribution is 0.370. The maximum absolute atomic E-state index is 6.17. The molecule has 0 bridgehead atoms. The summed E-state index contributed by atoms with van der Waals surface area (Å²) < 4.78 is 5.34. The normalized spacial score (nSPS) is 9.95. The lowest BCUT2D eigenvalue weighted by Crippen LogP contribution is -2.00. The molecular formula is C18H18ClNO. The molecule has 3 heteroatoms. The average Bonchev–Trinajstić information content (AvgIpc) is 2.52. The van der Waals surface area contributed by atoms with E-state index in [2.05, 4.69) is 42.4 Å². The fraction of sp³-hybridized carbons (Fsp3) is 0.222. The zero-order chi connectivity index (χ0) is 15.1. The van der Waals surface area contributed by atoms with Crippen molar-refractivity contribution in [3.05, 3.63) is 58.6 Å². The molecule has 0 atom stereocenters. The molecule has 2 rings (SSSR count). The molecule has 0 heterocycles. The van der Waals surface area contributed by atoms with Gasteiger partial charge in [0.15, 0.2) is 0 Å². The van der Waals surface area contributed by atoms with Crippen molar-refractivity contribution in [2.24, 2.45) is 0 Å². The minimum atomic E-state index is 0.223. The van der Waals surface area contributed by atoms with Crippen molar-refractivity contribution in [2.45, 2.75) is 19.9 Å². The van der Waals surface area contributed by atoms with Crippen LogP contribution in [0.3, 0.4) is 0 Å². The number of rotatable bonds is 6. The van der Waals surface area contributed by atoms with E-state index in [-0.39, 0.29) is 6.61 Å². The highest BCUT2D eigenvalue weighted by Crippen LogP contribution is 2.25. The highest BCUT2D eigenvalue weighted by molar-refractivity contribution is 6.32. The minimum Gasteiger partial charge on any atom is -0.479 e. The Morgan fingerprint density at radius 3 is 2.48 bits per heavy atom. The van der Waals surface area contributed by atoms with Crippen LogP contribution in [0.5, 0.6) is 5.75 Å². The third-order valence-electron chi connectivity index (χ3n) is 3.17. The molecule has 0 unspecified atom stereocenters. The van der Waals surface area contributed by atoms with Crippen molar-refractivity contribution in [2.75, 3.05) is 11.9 Å². The average molecular weight is 300 g/mol. The van der Waals surface area contributed by atoms with Gasteiger partial charge in [-0.3, -0.25) is 0 Å². The topological polar surface area (TPSA) is 21.3 Å². The van der Waals surface area contributed by atoms with Gasteiger partial charge in [0.05, 0.1) is 5.02 Å². The summed E-state index contributed by atoms with van der Waals surface area (Å²) in [6, 6.07) is 14.1. The summed E-state index contributed by atoms with van der Waals surface area (Å²) in [5, 5.41) is 3.95. The number of aryl methyl sites for hydroxylation is 1. The molecule has 0 aliphatic rings. The fourth-order valence-electron chi connectivity index (χ4n) is 1.95. The molecule has 0 fully saturated rings. The fourth-order valence-corrected chi connectivity index (χ4v) is 2.21. The van der Waals surface area contributed by atoms with E-state index in [1.165, 1.54) is 5.56 Å². The van der Waals surface area contributed by atoms with Crippen molar-refractivity contribution in [3.63, 3.8) is 0 Å². The van der Waals surface area contributed by atoms with Gasteiger partial charge < -0.3 is 10.1 Å². The first-order valence-electron chi connectivity index (χ1n) is 6.90. The van der Waals surface area contributed by atoms with Crippen molar-refractivity contribution in [1.82, 2.24) is 0 Å². The highest BCUT2D eigenvalue weighted by Gasteiger charge is 2.03. The number of hydrogen-bond acceptors (Lipinski definition) is 2. The van der Waals surface area contributed by atoms with Crippen LogP contribution in [0.25, 0.3) is 0 Å². The van der Waals surface area contributed by atoms with Gasteiger partial charge in [0.1, 0.15) is 12.4 Å². The first-order valence-corrected chi connectivity index (χ1v) is 7.28. The number of terminal acetylenes is 1. The maximum Gasteiger partial charge on any atom is 0.148 e. The second kappa shape index (κ2) is 7.61. The third-order valence-corrected chi connectivity index (χ3v) is 3.46. The Morgan fingerprint density at radius 2 is 1.86 bits per heavy atom. The first kappa shape index (κ1) is 15.3. The van der Waals surface area contributed by atoms with Gasteiger partial charge in [-0.2, -0.15) is 0 Å². The van der Waals surface area contributed by atoms with Gasteiger partial charge in [-0.15, -0.1) is 6.42 Å². The summed E-state index contributed by atoms with van der Waals surface area (Å²) in [5.41, 5.74) is 3.52. The predicted molar refractivity (Wildman–Crippen MR) is 88.9 cm³/mol. The molecule has 1 N–H and O–H groups in total. The summed E-state index contributed by atoms with van der Waals surface area (Å²) in [6.45, 7) is 3.08. The second-order valence-electron chi connectivity index (χ2n) is 4.66. The summed E-state index contributed by atoms with van der Waals surface area (Å²) in [4.78, 5) is 0. The van der Waals surface area contributed by atoms with E-state index >= 15 is 0 Å². The molecule has 108 valence electrons. The van der Waals surface area contributed by atoms with Crippen molar-refractivity contribution >= 4 is 17.3 Å². The van der Waals surface area contributed by atoms with Crippen LogP contribution in [0, 0.1) is 12.3 Å². The standard InChI is InChI=1S/C18H18ClNO/c1-3-11-21-18-10-7-15(12-17(18)19)13-20-16-8-5-14(4-2)6-9-16/h1,5-10,12,20H,4,11,13H2,2H3. The van der Waals surface area contributed by atoms with Crippen LogP contribution >= 0.6 is 11.6 Å². The first-order chi connectivity index (χ1) is 10.2. The zero-order valence-corrected chi connectivity index (χ0v) is 12.8. The number of halogens is 1. The van der Waals surface area contributed by atoms with Gasteiger partial charge in [-0.1, -0.05) is 42.6 Å². The van der Waals surface area contributed by atoms with Crippen molar-refractivity contribution in [3.8, 4) is 18.1 Å². The Hall–Kier alpha value is -2.11. The van der Waals surface area contributed by atoms with Gasteiger partial charge in [0.2, 0.25) is 0 Å². The molecule has 0 amide bonds. The number of benzene rings is 2. The van der Waals surface area contributed by atoms with E-state index in [1.807, 2.05) is 18.2 Å². The molecule has 0 saturated heterocycles. The van der Waals surface area contributed by atoms with Crippen LogP contribution in [0.2, 0.25) is 5.02 Å². The monoisotopic (exact) mass is 299 g/mol. The van der Waals surface area contributed by atoms with Crippen LogP contribution in [-0.2, 0) is 13.0 Å². The summed E-state index contributed by atoms with van der Waals surface area (Å²) >= 11 is 6.17. The smallest absolute Gasteiger partial charge is 0.148 e. The molecule has 2 aromatic carbocycles. The number of nitrogens with one attached hydrogen (secondary N) is 1. The third kappa shape index (κ3) is 4.44. The summed E-state index contributed by atoms with van der Waals surface area (Å²) in [7, 11) is 0. The van der Waals surface area contributed by atoms with E-state index in [1.54, 1.807) is 0 Å². The quantitative estimate of drug-likeness (QED) is 0.792. The van der Waals surface area contributed by atoms with Crippen LogP contribution in [-0.4, -0.2) is 6.61 Å². The highest BCUT2D eigenvalue weighted by atomic mass is 35.5. The maximum atomic E-state index is 6.17. The van der Waals surface area contributed by atoms with Crippen LogP contribution in [0.1, 0.15) is 18.1 Å². The van der Waals surface area contributed by atoms with Crippen LogP contribution < -0.4 is 10.1 Å². The Kier molecular flexibility index (Phi) is 5.54. The lowest BCUT2D eigenvalue weighted by atomic mass is 10.1. The Balaban J connectivity index is 1.96. The number of hydrogen-bond donors (Lipinski definition) is 1. The van der Waals surface area contributed by atoms with Crippen LogP contribution in [0.15, 0.2) is 42.5 Å². The molecule has 0 aromatic heterocycles. The van der Waals surface area contributed by atoms with E-state index < -0.39 is 0 Å². The van der Waals surface area contributed by atoms with Gasteiger partial charge in [-0.25, -0.2) is 0 Å². The van der Waals surface area contributed by atoms with Gasteiger partial charge in [0.25, 0.3) is 0 Å². The zero-order valence-electron chi connectivity index (χ0n) is 12.0. The molecule has 0 spiro atoms. The Labute approximate surface area is 131 Å². The van der Waals surface area contributed by atoms with E-state index in [9.17, 15) is 0 Å². The number of ether oxygens (including phenoxy) is 1. The summed E-state index contributed by atoms with van der Waals surface area (Å²) in [5.74, 6) is 3.04. The summed E-state index contributed by atoms with van der Waals surface area (Å²) in [6.07, 6.45) is 6.21. The second-order valence-corrected chi connectivity index (χ2v) is 5.07. The van der Waals surface area contributed by atoms with Crippen LogP contribution in [0.4, 0.5) is 5.69 Å². The lowest BCUT2D eigenvalue weighted by Gasteiger charge is -2.10. The molecule has 2 aromatic rings. The van der Waals surface area contributed by atoms with Crippen molar-refractivity contribution in [1.29, 1.82) is 0 Å². The van der Waals surface area contributed by atoms with Gasteiger partial charge in [0, 0.05) is 12.2 Å². The SMILES string of the molecule is C#CCOc1ccc(CNc2ccc(CC)cc2)cc1Cl. The van der Waals surface area contributed by atoms with Gasteiger partial charge in [-0.05, 0) is 41.8 Å². The van der Waals surface area contributed by atoms with E-state index in [0.717, 1.165) is 17.7 Å². The van der Waals surface area contributed by atoms with Gasteiger partial charge >= 0.3 is 0 Å². The largest absolute Gasteiger partial charge is 0.479 e. The predicted octanol–water partition coefficient (Wildman–Crippen LogP) is 4.53. The van der Waals surface area contributed by atoms with Crippen molar-refractivity contribution < 1.29 is 4.74 Å². The molecule has 0 radical (unpaired) electrons. The van der Waals surface area contributed by atoms with E-state index in [0.29, 0.717) is 17.3 Å². The molecule has 0 aliphatic carbocycles. The Bertz CT molecular complexity index is 629. The molecule has 2 nitrogen and oxygen atoms in total. The molecule has 0 aliphatic heterocycles. The molecular weight excluding hydrogens is 282 g/mol. The Morgan fingerprint density at radius 1 is 1.14 bits per heavy atom. The minimum absolute atomic E-state index is 0.223. The van der Waals surface area contributed by atoms with E-state index in [4.69, 9.17) is 22.8 Å². The number of anilines is 1. The molecule has 0 saturated carbocycles.